The summed E-state index contributed by atoms with van der Waals surface area (Å²) in [6.07, 6.45) is 3.23. The van der Waals surface area contributed by atoms with E-state index < -0.39 is 0 Å². The Morgan fingerprint density at radius 3 is 2.32 bits per heavy atom. The Morgan fingerprint density at radius 2 is 1.64 bits per heavy atom. The number of nitrogen functional groups attached to an aromatic ring is 1. The van der Waals surface area contributed by atoms with Gasteiger partial charge < -0.3 is 16.4 Å². The van der Waals surface area contributed by atoms with Crippen LogP contribution in [0.25, 0.3) is 6.08 Å². The highest BCUT2D eigenvalue weighted by molar-refractivity contribution is 6.35. The summed E-state index contributed by atoms with van der Waals surface area (Å²) in [5.74, 6) is -0.235. The van der Waals surface area contributed by atoms with Crippen molar-refractivity contribution in [3.63, 3.8) is 0 Å². The maximum absolute atomic E-state index is 12.0. The minimum Gasteiger partial charge on any atom is -0.397 e. The molecule has 0 heterocycles. The molecule has 6 heteroatoms. The molecular formula is C22H19Cl2N3O. The molecule has 3 aromatic rings. The summed E-state index contributed by atoms with van der Waals surface area (Å²) in [6, 6.07) is 20.4. The van der Waals surface area contributed by atoms with Gasteiger partial charge in [-0.3, -0.25) is 4.79 Å². The zero-order chi connectivity index (χ0) is 19.9. The number of nitrogens with two attached hydrogens (primary N) is 1. The average molecular weight is 412 g/mol. The van der Waals surface area contributed by atoms with E-state index >= 15 is 0 Å². The Labute approximate surface area is 174 Å². The van der Waals surface area contributed by atoms with Gasteiger partial charge in [-0.05, 0) is 47.5 Å². The first-order valence-corrected chi connectivity index (χ1v) is 9.38. The third-order valence-corrected chi connectivity index (χ3v) is 4.42. The fourth-order valence-electron chi connectivity index (χ4n) is 2.56. The summed E-state index contributed by atoms with van der Waals surface area (Å²) >= 11 is 12.0. The quantitative estimate of drug-likeness (QED) is 0.352. The molecule has 142 valence electrons. The third kappa shape index (κ3) is 5.78. The fraction of sp³-hybridized carbons (Fsp3) is 0.0455. The van der Waals surface area contributed by atoms with E-state index in [1.54, 1.807) is 24.3 Å². The standard InChI is InChI=1S/C22H19Cl2N3O/c23-17-11-18(24)13-19(12-17)26-14-16-7-5-15(6-8-16)9-10-22(28)27-21-4-2-1-3-20(21)25/h1-13,26H,14,25H2,(H,27,28)/b10-9+. The van der Waals surface area contributed by atoms with Crippen molar-refractivity contribution in [3.05, 3.63) is 94.0 Å². The lowest BCUT2D eigenvalue weighted by Gasteiger charge is -2.08. The largest absolute Gasteiger partial charge is 0.397 e. The van der Waals surface area contributed by atoms with Crippen molar-refractivity contribution in [2.75, 3.05) is 16.4 Å². The number of carbonyl (C=O) groups excluding carboxylic acids is 1. The normalized spacial score (nSPS) is 10.8. The van der Waals surface area contributed by atoms with Crippen LogP contribution >= 0.6 is 23.2 Å². The molecule has 0 saturated heterocycles. The number of anilines is 3. The monoisotopic (exact) mass is 411 g/mol. The number of hydrogen-bond donors (Lipinski definition) is 3. The number of benzene rings is 3. The molecule has 0 aromatic heterocycles. The lowest BCUT2D eigenvalue weighted by atomic mass is 10.1. The van der Waals surface area contributed by atoms with Crippen LogP contribution in [0.5, 0.6) is 0 Å². The van der Waals surface area contributed by atoms with Crippen LogP contribution in [0.3, 0.4) is 0 Å². The van der Waals surface area contributed by atoms with Crippen LogP contribution in [0, 0.1) is 0 Å². The Hall–Kier alpha value is -2.95. The second-order valence-electron chi connectivity index (χ2n) is 6.16. The molecule has 1 amide bonds. The molecule has 0 aliphatic carbocycles. The van der Waals surface area contributed by atoms with Crippen LogP contribution in [0.1, 0.15) is 11.1 Å². The second-order valence-corrected chi connectivity index (χ2v) is 7.04. The lowest BCUT2D eigenvalue weighted by Crippen LogP contribution is -2.09. The summed E-state index contributed by atoms with van der Waals surface area (Å²) in [5, 5.41) is 7.22. The number of amides is 1. The summed E-state index contributed by atoms with van der Waals surface area (Å²) in [5.41, 5.74) is 9.82. The van der Waals surface area contributed by atoms with Crippen molar-refractivity contribution < 1.29 is 4.79 Å². The van der Waals surface area contributed by atoms with Crippen LogP contribution in [0.15, 0.2) is 72.8 Å². The smallest absolute Gasteiger partial charge is 0.248 e. The first-order valence-electron chi connectivity index (χ1n) is 8.62. The molecule has 0 aliphatic rings. The molecular weight excluding hydrogens is 393 g/mol. The molecule has 0 spiro atoms. The van der Waals surface area contributed by atoms with Crippen LogP contribution in [-0.4, -0.2) is 5.91 Å². The van der Waals surface area contributed by atoms with Crippen LogP contribution in [-0.2, 0) is 11.3 Å². The van der Waals surface area contributed by atoms with E-state index in [2.05, 4.69) is 10.6 Å². The zero-order valence-corrected chi connectivity index (χ0v) is 16.5. The number of rotatable bonds is 6. The summed E-state index contributed by atoms with van der Waals surface area (Å²) < 4.78 is 0. The van der Waals surface area contributed by atoms with Gasteiger partial charge in [-0.2, -0.15) is 0 Å². The van der Waals surface area contributed by atoms with Crippen molar-refractivity contribution in [2.45, 2.75) is 6.54 Å². The Bertz CT molecular complexity index is 981. The van der Waals surface area contributed by atoms with Crippen LogP contribution in [0.4, 0.5) is 17.1 Å². The number of halogens is 2. The van der Waals surface area contributed by atoms with Gasteiger partial charge in [0.25, 0.3) is 0 Å². The van der Waals surface area contributed by atoms with Gasteiger partial charge >= 0.3 is 0 Å². The molecule has 0 fully saturated rings. The van der Waals surface area contributed by atoms with E-state index in [1.165, 1.54) is 6.08 Å². The first kappa shape index (κ1) is 19.8. The SMILES string of the molecule is Nc1ccccc1NC(=O)/C=C/c1ccc(CNc2cc(Cl)cc(Cl)c2)cc1. The average Bonchev–Trinajstić information content (AvgIpc) is 2.67. The molecule has 4 N–H and O–H groups in total. The van der Waals surface area contributed by atoms with Gasteiger partial charge in [0.1, 0.15) is 0 Å². The Balaban J connectivity index is 1.55. The van der Waals surface area contributed by atoms with E-state index in [1.807, 2.05) is 48.5 Å². The van der Waals surface area contributed by atoms with Gasteiger partial charge in [-0.15, -0.1) is 0 Å². The minimum atomic E-state index is -0.235. The van der Waals surface area contributed by atoms with Gasteiger partial charge in [-0.1, -0.05) is 59.6 Å². The maximum Gasteiger partial charge on any atom is 0.248 e. The van der Waals surface area contributed by atoms with Gasteiger partial charge in [0, 0.05) is 28.4 Å². The Kier molecular flexibility index (Phi) is 6.58. The predicted octanol–water partition coefficient (Wildman–Crippen LogP) is 5.84. The molecule has 4 nitrogen and oxygen atoms in total. The second kappa shape index (κ2) is 9.31. The summed E-state index contributed by atoms with van der Waals surface area (Å²) in [4.78, 5) is 12.0. The Morgan fingerprint density at radius 1 is 0.964 bits per heavy atom. The van der Waals surface area contributed by atoms with E-state index in [4.69, 9.17) is 28.9 Å². The van der Waals surface area contributed by atoms with Crippen molar-refractivity contribution in [3.8, 4) is 0 Å². The van der Waals surface area contributed by atoms with E-state index in [0.29, 0.717) is 28.0 Å². The first-order chi connectivity index (χ1) is 13.5. The summed E-state index contributed by atoms with van der Waals surface area (Å²) in [7, 11) is 0. The van der Waals surface area contributed by atoms with E-state index in [0.717, 1.165) is 16.8 Å². The van der Waals surface area contributed by atoms with Crippen molar-refractivity contribution in [2.24, 2.45) is 0 Å². The highest BCUT2D eigenvalue weighted by Crippen LogP contribution is 2.23. The zero-order valence-electron chi connectivity index (χ0n) is 15.0. The van der Waals surface area contributed by atoms with Crippen molar-refractivity contribution in [1.82, 2.24) is 0 Å². The minimum absolute atomic E-state index is 0.235. The van der Waals surface area contributed by atoms with E-state index in [-0.39, 0.29) is 5.91 Å². The number of para-hydroxylation sites is 2. The molecule has 0 unspecified atom stereocenters. The maximum atomic E-state index is 12.0. The molecule has 3 rings (SSSR count). The highest BCUT2D eigenvalue weighted by Gasteiger charge is 2.01. The number of hydrogen-bond acceptors (Lipinski definition) is 3. The molecule has 0 aliphatic heterocycles. The van der Waals surface area contributed by atoms with Gasteiger partial charge in [0.05, 0.1) is 11.4 Å². The highest BCUT2D eigenvalue weighted by atomic mass is 35.5. The van der Waals surface area contributed by atoms with Gasteiger partial charge in [-0.25, -0.2) is 0 Å². The summed E-state index contributed by atoms with van der Waals surface area (Å²) in [6.45, 7) is 0.633. The number of nitrogens with one attached hydrogen (secondary N) is 2. The van der Waals surface area contributed by atoms with E-state index in [9.17, 15) is 4.79 Å². The molecule has 3 aromatic carbocycles. The van der Waals surface area contributed by atoms with Crippen molar-refractivity contribution in [1.29, 1.82) is 0 Å². The molecule has 0 atom stereocenters. The van der Waals surface area contributed by atoms with Crippen LogP contribution in [0.2, 0.25) is 10.0 Å². The topological polar surface area (TPSA) is 67.1 Å². The lowest BCUT2D eigenvalue weighted by molar-refractivity contribution is -0.111. The van der Waals surface area contributed by atoms with Crippen LogP contribution < -0.4 is 16.4 Å². The molecule has 0 radical (unpaired) electrons. The molecule has 28 heavy (non-hydrogen) atoms. The van der Waals surface area contributed by atoms with Crippen molar-refractivity contribution >= 4 is 52.2 Å². The van der Waals surface area contributed by atoms with Gasteiger partial charge in [0.15, 0.2) is 0 Å². The van der Waals surface area contributed by atoms with Gasteiger partial charge in [0.2, 0.25) is 5.91 Å². The fourth-order valence-corrected chi connectivity index (χ4v) is 3.09. The predicted molar refractivity (Wildman–Crippen MR) is 119 cm³/mol. The molecule has 0 saturated carbocycles. The number of carbonyl (C=O) groups is 1. The third-order valence-electron chi connectivity index (χ3n) is 3.98. The molecule has 0 bridgehead atoms.